The fourth-order valence-electron chi connectivity index (χ4n) is 3.67. The Balaban J connectivity index is 1.34. The fraction of sp³-hybridized carbons (Fsp3) is 0.318. The van der Waals surface area contributed by atoms with E-state index in [2.05, 4.69) is 17.7 Å². The van der Waals surface area contributed by atoms with Crippen LogP contribution in [0.25, 0.3) is 0 Å². The van der Waals surface area contributed by atoms with Crippen LogP contribution in [-0.2, 0) is 11.3 Å². The highest BCUT2D eigenvalue weighted by Gasteiger charge is 2.30. The van der Waals surface area contributed by atoms with E-state index in [9.17, 15) is 9.18 Å². The zero-order valence-electron chi connectivity index (χ0n) is 15.7. The molecule has 1 saturated heterocycles. The number of benzene rings is 2. The molecular formula is C22H24FN3O2. The molecule has 0 aliphatic carbocycles. The minimum Gasteiger partial charge on any atom is -0.392 e. The second-order valence-electron chi connectivity index (χ2n) is 7.24. The zero-order valence-corrected chi connectivity index (χ0v) is 15.7. The smallest absolute Gasteiger partial charge is 0.253 e. The highest BCUT2D eigenvalue weighted by atomic mass is 19.1. The van der Waals surface area contributed by atoms with Gasteiger partial charge in [-0.2, -0.15) is 0 Å². The Kier molecular flexibility index (Phi) is 5.58. The van der Waals surface area contributed by atoms with Gasteiger partial charge in [0.1, 0.15) is 11.6 Å². The molecule has 2 aromatic rings. The number of hydrogen-bond acceptors (Lipinski definition) is 4. The molecule has 0 radical (unpaired) electrons. The first-order valence-corrected chi connectivity index (χ1v) is 9.69. The molecule has 2 aliphatic heterocycles. The minimum atomic E-state index is -0.334. The molecule has 2 heterocycles. The summed E-state index contributed by atoms with van der Waals surface area (Å²) in [7, 11) is 0. The van der Waals surface area contributed by atoms with Crippen molar-refractivity contribution >= 4 is 5.91 Å². The van der Waals surface area contributed by atoms with Gasteiger partial charge in [-0.05, 0) is 49.1 Å². The third-order valence-electron chi connectivity index (χ3n) is 5.24. The number of halogens is 1. The Labute approximate surface area is 164 Å². The molecule has 0 aromatic heterocycles. The van der Waals surface area contributed by atoms with Crippen molar-refractivity contribution in [2.45, 2.75) is 31.7 Å². The first-order valence-electron chi connectivity index (χ1n) is 9.69. The topological polar surface area (TPSA) is 44.8 Å². The van der Waals surface area contributed by atoms with Crippen molar-refractivity contribution in [3.8, 4) is 0 Å². The fourth-order valence-corrected chi connectivity index (χ4v) is 3.67. The van der Waals surface area contributed by atoms with Gasteiger partial charge in [-0.15, -0.1) is 0 Å². The standard InChI is InChI=1S/C22H24FN3O2/c23-19-11-9-18(10-12-19)22(27)25-14-4-7-20(15-25)26-16-21(28-24-26)13-8-17-5-2-1-3-6-17/h1-3,5-6,9-12,16,20,24H,4,7-8,13-15H2/t20-/m0/s1. The van der Waals surface area contributed by atoms with E-state index in [1.54, 1.807) is 12.1 Å². The van der Waals surface area contributed by atoms with Gasteiger partial charge in [0.05, 0.1) is 12.2 Å². The molecule has 0 spiro atoms. The van der Waals surface area contributed by atoms with Gasteiger partial charge in [0.15, 0.2) is 0 Å². The summed E-state index contributed by atoms with van der Waals surface area (Å²) in [5.74, 6) is 0.503. The first kappa shape index (κ1) is 18.5. The van der Waals surface area contributed by atoms with Gasteiger partial charge < -0.3 is 9.74 Å². The van der Waals surface area contributed by atoms with Crippen molar-refractivity contribution in [1.82, 2.24) is 15.5 Å². The Bertz CT molecular complexity index is 839. The number of likely N-dealkylation sites (tertiary alicyclic amines) is 1. The molecule has 0 bridgehead atoms. The second kappa shape index (κ2) is 8.44. The third-order valence-corrected chi connectivity index (χ3v) is 5.24. The number of carbonyl (C=O) groups excluding carboxylic acids is 1. The van der Waals surface area contributed by atoms with E-state index >= 15 is 0 Å². The summed E-state index contributed by atoms with van der Waals surface area (Å²) in [6.07, 6.45) is 5.63. The summed E-state index contributed by atoms with van der Waals surface area (Å²) in [6.45, 7) is 1.32. The first-order chi connectivity index (χ1) is 13.7. The van der Waals surface area contributed by atoms with Gasteiger partial charge in [-0.3, -0.25) is 9.80 Å². The number of nitrogens with zero attached hydrogens (tertiary/aromatic N) is 2. The summed E-state index contributed by atoms with van der Waals surface area (Å²) in [6, 6.07) is 16.2. The van der Waals surface area contributed by atoms with E-state index < -0.39 is 0 Å². The molecule has 4 rings (SSSR count). The third kappa shape index (κ3) is 4.34. The quantitative estimate of drug-likeness (QED) is 0.859. The van der Waals surface area contributed by atoms with Crippen LogP contribution in [0.3, 0.4) is 0 Å². The number of hydrazine groups is 1. The molecule has 1 amide bonds. The van der Waals surface area contributed by atoms with E-state index in [0.717, 1.165) is 31.4 Å². The summed E-state index contributed by atoms with van der Waals surface area (Å²) < 4.78 is 13.1. The molecular weight excluding hydrogens is 357 g/mol. The van der Waals surface area contributed by atoms with Crippen LogP contribution in [0.2, 0.25) is 0 Å². The van der Waals surface area contributed by atoms with E-state index in [1.807, 2.05) is 34.3 Å². The summed E-state index contributed by atoms with van der Waals surface area (Å²) >= 11 is 0. The lowest BCUT2D eigenvalue weighted by Crippen LogP contribution is -2.50. The zero-order chi connectivity index (χ0) is 19.3. The van der Waals surface area contributed by atoms with Crippen molar-refractivity contribution in [2.24, 2.45) is 0 Å². The van der Waals surface area contributed by atoms with E-state index in [0.29, 0.717) is 18.7 Å². The Hall–Kier alpha value is -2.86. The average Bonchev–Trinajstić information content (AvgIpc) is 3.22. The molecule has 2 aromatic carbocycles. The van der Waals surface area contributed by atoms with Crippen LogP contribution in [0.15, 0.2) is 66.6 Å². The van der Waals surface area contributed by atoms with Crippen LogP contribution in [0, 0.1) is 5.82 Å². The Morgan fingerprint density at radius 3 is 2.68 bits per heavy atom. The van der Waals surface area contributed by atoms with E-state index in [-0.39, 0.29) is 17.8 Å². The number of rotatable bonds is 5. The monoisotopic (exact) mass is 381 g/mol. The number of aryl methyl sites for hydroxylation is 1. The van der Waals surface area contributed by atoms with Gasteiger partial charge >= 0.3 is 0 Å². The van der Waals surface area contributed by atoms with Crippen LogP contribution in [0.1, 0.15) is 35.2 Å². The van der Waals surface area contributed by atoms with Crippen LogP contribution in [0.5, 0.6) is 0 Å². The predicted molar refractivity (Wildman–Crippen MR) is 104 cm³/mol. The average molecular weight is 381 g/mol. The van der Waals surface area contributed by atoms with Crippen LogP contribution < -0.4 is 5.59 Å². The van der Waals surface area contributed by atoms with Crippen molar-refractivity contribution in [2.75, 3.05) is 13.1 Å². The Morgan fingerprint density at radius 1 is 1.11 bits per heavy atom. The van der Waals surface area contributed by atoms with E-state index in [4.69, 9.17) is 4.84 Å². The highest BCUT2D eigenvalue weighted by Crippen LogP contribution is 2.22. The van der Waals surface area contributed by atoms with Gasteiger partial charge in [0.25, 0.3) is 5.91 Å². The molecule has 0 saturated carbocycles. The molecule has 1 fully saturated rings. The normalized spacial score (nSPS) is 19.3. The van der Waals surface area contributed by atoms with Crippen molar-refractivity contribution in [1.29, 1.82) is 0 Å². The Morgan fingerprint density at radius 2 is 1.89 bits per heavy atom. The van der Waals surface area contributed by atoms with Gasteiger partial charge in [0, 0.05) is 25.1 Å². The maximum atomic E-state index is 13.1. The predicted octanol–water partition coefficient (Wildman–Crippen LogP) is 3.66. The molecule has 1 N–H and O–H groups in total. The molecule has 6 heteroatoms. The van der Waals surface area contributed by atoms with Crippen molar-refractivity contribution in [3.05, 3.63) is 83.5 Å². The van der Waals surface area contributed by atoms with Crippen molar-refractivity contribution in [3.63, 3.8) is 0 Å². The maximum absolute atomic E-state index is 13.1. The molecule has 28 heavy (non-hydrogen) atoms. The molecule has 1 atom stereocenters. The summed E-state index contributed by atoms with van der Waals surface area (Å²) in [5.41, 5.74) is 4.77. The number of hydrogen-bond donors (Lipinski definition) is 1. The lowest BCUT2D eigenvalue weighted by Gasteiger charge is -2.36. The number of nitrogens with one attached hydrogen (secondary N) is 1. The summed E-state index contributed by atoms with van der Waals surface area (Å²) in [5, 5.41) is 1.96. The number of piperidine rings is 1. The van der Waals surface area contributed by atoms with Gasteiger partial charge in [0.2, 0.25) is 0 Å². The number of carbonyl (C=O) groups is 1. The lowest BCUT2D eigenvalue weighted by atomic mass is 10.0. The van der Waals surface area contributed by atoms with Crippen LogP contribution in [0.4, 0.5) is 4.39 Å². The number of allylic oxidation sites excluding steroid dienone is 1. The molecule has 0 unspecified atom stereocenters. The molecule has 146 valence electrons. The second-order valence-corrected chi connectivity index (χ2v) is 7.24. The van der Waals surface area contributed by atoms with Crippen LogP contribution >= 0.6 is 0 Å². The maximum Gasteiger partial charge on any atom is 0.253 e. The molecule has 5 nitrogen and oxygen atoms in total. The van der Waals surface area contributed by atoms with Crippen LogP contribution in [-0.4, -0.2) is 34.9 Å². The number of amides is 1. The SMILES string of the molecule is O=C(c1ccc(F)cc1)N1CCC[C@H](N2C=C(CCc3ccccc3)ON2)C1. The van der Waals surface area contributed by atoms with Gasteiger partial charge in [-0.25, -0.2) is 4.39 Å². The van der Waals surface area contributed by atoms with Gasteiger partial charge in [-0.1, -0.05) is 35.9 Å². The molecule has 2 aliphatic rings. The highest BCUT2D eigenvalue weighted by molar-refractivity contribution is 5.94. The lowest BCUT2D eigenvalue weighted by molar-refractivity contribution is -0.0196. The van der Waals surface area contributed by atoms with E-state index in [1.165, 1.54) is 17.7 Å². The van der Waals surface area contributed by atoms with Crippen molar-refractivity contribution < 1.29 is 14.0 Å². The largest absolute Gasteiger partial charge is 0.392 e. The minimum absolute atomic E-state index is 0.0573. The summed E-state index contributed by atoms with van der Waals surface area (Å²) in [4.78, 5) is 20.2.